The van der Waals surface area contributed by atoms with Gasteiger partial charge in [0.1, 0.15) is 0 Å². The summed E-state index contributed by atoms with van der Waals surface area (Å²) in [7, 11) is 0. The number of hydrogen-bond donors (Lipinski definition) is 0. The van der Waals surface area contributed by atoms with Crippen molar-refractivity contribution >= 4 is 92.2 Å². The van der Waals surface area contributed by atoms with Crippen molar-refractivity contribution in [1.29, 1.82) is 0 Å². The van der Waals surface area contributed by atoms with E-state index in [0.717, 1.165) is 20.3 Å². The summed E-state index contributed by atoms with van der Waals surface area (Å²) in [6.45, 7) is 0. The van der Waals surface area contributed by atoms with Gasteiger partial charge in [-0.1, -0.05) is 87.4 Å². The highest BCUT2D eigenvalue weighted by atomic mass is 127. The molecule has 0 atom stereocenters. The Balaban J connectivity index is 0.000000203. The first-order chi connectivity index (χ1) is 16.7. The number of hydrogen-bond acceptors (Lipinski definition) is 0. The maximum atomic E-state index is 6.01. The lowest BCUT2D eigenvalue weighted by molar-refractivity contribution is 1.62. The molecule has 0 radical (unpaired) electrons. The van der Waals surface area contributed by atoms with Crippen LogP contribution in [0.4, 0.5) is 0 Å². The molecule has 0 saturated carbocycles. The van der Waals surface area contributed by atoms with Crippen LogP contribution >= 0.6 is 92.2 Å². The van der Waals surface area contributed by atoms with E-state index in [9.17, 15) is 0 Å². The maximum Gasteiger partial charge on any atom is 0.0577 e. The topological polar surface area (TPSA) is 0 Å². The van der Waals surface area contributed by atoms with Gasteiger partial charge < -0.3 is 0 Å². The molecule has 0 spiro atoms. The summed E-state index contributed by atoms with van der Waals surface area (Å²) in [5.41, 5.74) is 2.51. The van der Waals surface area contributed by atoms with E-state index in [1.54, 1.807) is 48.5 Å². The first-order valence-corrected chi connectivity index (χ1v) is 13.1. The van der Waals surface area contributed by atoms with Crippen molar-refractivity contribution in [1.82, 2.24) is 0 Å². The van der Waals surface area contributed by atoms with E-state index in [1.807, 2.05) is 36.4 Å². The summed E-state index contributed by atoms with van der Waals surface area (Å²) < 4.78 is 1.03. The van der Waals surface area contributed by atoms with Crippen LogP contribution in [0.25, 0.3) is 0 Å². The molecule has 0 bridgehead atoms. The highest BCUT2D eigenvalue weighted by Crippen LogP contribution is 2.22. The molecular weight excluding hydrogens is 676 g/mol. The Bertz CT molecular complexity index is 1360. The Morgan fingerprint density at radius 2 is 0.971 bits per heavy atom. The van der Waals surface area contributed by atoms with Gasteiger partial charge in [0.15, 0.2) is 0 Å². The van der Waals surface area contributed by atoms with Gasteiger partial charge in [0, 0.05) is 40.4 Å². The van der Waals surface area contributed by atoms with Crippen LogP contribution < -0.4 is 0 Å². The number of terminal acetylenes is 1. The highest BCUT2D eigenvalue weighted by Gasteiger charge is 1.97. The van der Waals surface area contributed by atoms with E-state index >= 15 is 0 Å². The minimum Gasteiger partial charge on any atom is -0.115 e. The smallest absolute Gasteiger partial charge is 0.0577 e. The van der Waals surface area contributed by atoms with Crippen molar-refractivity contribution in [2.24, 2.45) is 0 Å². The molecule has 0 heterocycles. The quantitative estimate of drug-likeness (QED) is 0.0979. The average molecular weight is 691 g/mol. The Morgan fingerprint density at radius 1 is 0.514 bits per heavy atom. The van der Waals surface area contributed by atoms with Crippen molar-refractivity contribution in [2.45, 2.75) is 0 Å². The normalized spacial score (nSPS) is 9.31. The fourth-order valence-electron chi connectivity index (χ4n) is 2.28. The van der Waals surface area contributed by atoms with Crippen molar-refractivity contribution in [2.75, 3.05) is 0 Å². The maximum absolute atomic E-state index is 6.01. The van der Waals surface area contributed by atoms with Crippen LogP contribution in [0, 0.1) is 27.8 Å². The van der Waals surface area contributed by atoms with Gasteiger partial charge in [0.2, 0.25) is 0 Å². The summed E-state index contributed by atoms with van der Waals surface area (Å²) in [6.07, 6.45) is 5.11. The summed E-state index contributed by atoms with van der Waals surface area (Å²) >= 11 is 36.7. The number of halogens is 7. The number of rotatable bonds is 0. The Kier molecular flexibility index (Phi) is 13.2. The molecule has 0 amide bonds. The molecular formula is C28H15Cl6I. The number of benzene rings is 4. The van der Waals surface area contributed by atoms with Crippen LogP contribution in [-0.4, -0.2) is 0 Å². The van der Waals surface area contributed by atoms with E-state index in [4.69, 9.17) is 76.0 Å². The van der Waals surface area contributed by atoms with Gasteiger partial charge in [0.05, 0.1) is 10.0 Å². The van der Waals surface area contributed by atoms with E-state index in [2.05, 4.69) is 40.4 Å². The first-order valence-electron chi connectivity index (χ1n) is 9.73. The molecule has 35 heavy (non-hydrogen) atoms. The molecule has 0 aliphatic rings. The van der Waals surface area contributed by atoms with Crippen LogP contribution in [0.2, 0.25) is 30.1 Å². The van der Waals surface area contributed by atoms with Crippen LogP contribution in [0.1, 0.15) is 16.7 Å². The molecule has 0 aromatic heterocycles. The van der Waals surface area contributed by atoms with Gasteiger partial charge in [-0.15, -0.1) is 6.42 Å². The molecule has 0 fully saturated rings. The summed E-state index contributed by atoms with van der Waals surface area (Å²) in [5.74, 6) is 8.50. The van der Waals surface area contributed by atoms with Crippen LogP contribution in [0.3, 0.4) is 0 Å². The standard InChI is InChI=1S/C14H7Cl3.C8H5Cl.C6H3Cl2I/c15-12-6-2-10(3-7-12)1-4-11-5-8-13(16)9-14(11)17;1-2-7-3-5-8(9)6-4-7;7-4-1-2-6(9)5(8)3-4/h2-3,5-9H;1,3-6H;1-3H. The summed E-state index contributed by atoms with van der Waals surface area (Å²) in [5, 5.41) is 3.96. The van der Waals surface area contributed by atoms with Crippen molar-refractivity contribution in [3.63, 3.8) is 0 Å². The molecule has 176 valence electrons. The summed E-state index contributed by atoms with van der Waals surface area (Å²) in [6, 6.07) is 25.1. The van der Waals surface area contributed by atoms with Gasteiger partial charge in [-0.3, -0.25) is 0 Å². The zero-order valence-corrected chi connectivity index (χ0v) is 24.5. The Labute approximate surface area is 249 Å². The molecule has 0 nitrogen and oxygen atoms in total. The monoisotopic (exact) mass is 688 g/mol. The van der Waals surface area contributed by atoms with Crippen molar-refractivity contribution < 1.29 is 0 Å². The second kappa shape index (κ2) is 15.6. The van der Waals surface area contributed by atoms with E-state index in [-0.39, 0.29) is 0 Å². The zero-order chi connectivity index (χ0) is 25.8. The van der Waals surface area contributed by atoms with E-state index in [1.165, 1.54) is 0 Å². The lowest BCUT2D eigenvalue weighted by Crippen LogP contribution is -1.78. The highest BCUT2D eigenvalue weighted by molar-refractivity contribution is 14.1. The zero-order valence-electron chi connectivity index (χ0n) is 17.8. The SMILES string of the molecule is C#Cc1ccc(Cl)cc1.Clc1ccc(C#Cc2ccc(Cl)cc2Cl)cc1.Clc1ccc(I)c(Cl)c1. The molecule has 0 aliphatic carbocycles. The fourth-order valence-corrected chi connectivity index (χ4v) is 3.73. The fraction of sp³-hybridized carbons (Fsp3) is 0. The molecule has 0 saturated heterocycles. The average Bonchev–Trinajstić information content (AvgIpc) is 2.83. The van der Waals surface area contributed by atoms with Crippen LogP contribution in [0.5, 0.6) is 0 Å². The molecule has 0 aliphatic heterocycles. The molecule has 0 N–H and O–H groups in total. The van der Waals surface area contributed by atoms with Gasteiger partial charge in [-0.2, -0.15) is 0 Å². The molecule has 0 unspecified atom stereocenters. The lowest BCUT2D eigenvalue weighted by atomic mass is 10.2. The van der Waals surface area contributed by atoms with Gasteiger partial charge in [-0.25, -0.2) is 0 Å². The van der Waals surface area contributed by atoms with Crippen molar-refractivity contribution in [3.8, 4) is 24.2 Å². The van der Waals surface area contributed by atoms with E-state index in [0.29, 0.717) is 30.1 Å². The van der Waals surface area contributed by atoms with Gasteiger partial charge >= 0.3 is 0 Å². The minimum absolute atomic E-state index is 0.555. The lowest BCUT2D eigenvalue weighted by Gasteiger charge is -1.96. The Morgan fingerprint density at radius 3 is 1.43 bits per heavy atom. The van der Waals surface area contributed by atoms with Crippen molar-refractivity contribution in [3.05, 3.63) is 135 Å². The van der Waals surface area contributed by atoms with E-state index < -0.39 is 0 Å². The largest absolute Gasteiger partial charge is 0.115 e. The molecule has 4 aromatic carbocycles. The Hall–Kier alpha value is -1.53. The third kappa shape index (κ3) is 11.4. The summed E-state index contributed by atoms with van der Waals surface area (Å²) in [4.78, 5) is 0. The predicted molar refractivity (Wildman–Crippen MR) is 162 cm³/mol. The minimum atomic E-state index is 0.555. The molecule has 4 rings (SSSR count). The third-order valence-corrected chi connectivity index (χ3v) is 6.87. The van der Waals surface area contributed by atoms with Crippen LogP contribution in [0.15, 0.2) is 84.9 Å². The van der Waals surface area contributed by atoms with Crippen LogP contribution in [-0.2, 0) is 0 Å². The molecule has 4 aromatic rings. The second-order valence-corrected chi connectivity index (χ2v) is 10.3. The first kappa shape index (κ1) is 29.7. The second-order valence-electron chi connectivity index (χ2n) is 6.59. The van der Waals surface area contributed by atoms with Gasteiger partial charge in [0.25, 0.3) is 0 Å². The van der Waals surface area contributed by atoms with Gasteiger partial charge in [-0.05, 0) is 108 Å². The predicted octanol–water partition coefficient (Wildman–Crippen LogP) is 11.0. The third-order valence-electron chi connectivity index (χ3n) is 4.01. The molecule has 7 heteroatoms.